The van der Waals surface area contributed by atoms with Gasteiger partial charge in [0.15, 0.2) is 0 Å². The summed E-state index contributed by atoms with van der Waals surface area (Å²) in [5, 5.41) is 15.9. The number of pyridine rings is 1. The molecule has 4 heterocycles. The van der Waals surface area contributed by atoms with Crippen LogP contribution in [0.15, 0.2) is 115 Å². The molecule has 5 aromatic carbocycles. The van der Waals surface area contributed by atoms with E-state index < -0.39 is 0 Å². The van der Waals surface area contributed by atoms with Crippen LogP contribution in [0, 0.1) is 13.0 Å². The first-order valence-corrected chi connectivity index (χ1v) is 17.0. The third-order valence-corrected chi connectivity index (χ3v) is 10.6. The Kier molecular flexibility index (Phi) is 7.47. The number of hydrogen-bond acceptors (Lipinski definition) is 4. The van der Waals surface area contributed by atoms with E-state index >= 15 is 0 Å². The van der Waals surface area contributed by atoms with Gasteiger partial charge in [-0.05, 0) is 85.8 Å². The summed E-state index contributed by atoms with van der Waals surface area (Å²) in [4.78, 5) is 12.0. The second-order valence-corrected chi connectivity index (χ2v) is 14.8. The van der Waals surface area contributed by atoms with Crippen LogP contribution in [0.5, 0.6) is 5.75 Å². The number of phenols is 1. The second kappa shape index (κ2) is 11.7. The Morgan fingerprint density at radius 1 is 0.714 bits per heavy atom. The molecule has 0 atom stereocenters. The van der Waals surface area contributed by atoms with Gasteiger partial charge in [-0.1, -0.05) is 98.3 Å². The van der Waals surface area contributed by atoms with Gasteiger partial charge >= 0.3 is 0 Å². The molecule has 0 spiro atoms. The van der Waals surface area contributed by atoms with Crippen molar-refractivity contribution in [2.45, 2.75) is 33.1 Å². The van der Waals surface area contributed by atoms with Crippen molar-refractivity contribution in [3.05, 3.63) is 132 Å². The number of aryl methyl sites for hydroxylation is 1. The van der Waals surface area contributed by atoms with E-state index in [2.05, 4.69) is 111 Å². The SMILES string of the molecule is Cc1sc2cc[c-]c3c2c1c1ccccc1n1c2cccc(-c4cc(C(C)(C)C)cc(-c5cc(-c6ccccc6)ccc5O)n4)c2nc31.[Pt]. The van der Waals surface area contributed by atoms with Gasteiger partial charge in [-0.2, -0.15) is 11.3 Å². The third-order valence-electron chi connectivity index (χ3n) is 9.49. The van der Waals surface area contributed by atoms with Gasteiger partial charge in [0.05, 0.1) is 28.1 Å². The number of fused-ring (bicyclic) bond motifs is 7. The number of para-hydroxylation sites is 2. The Morgan fingerprint density at radius 3 is 2.24 bits per heavy atom. The molecule has 9 rings (SSSR count). The van der Waals surface area contributed by atoms with E-state index in [0.29, 0.717) is 5.56 Å². The molecule has 4 aromatic heterocycles. The zero-order valence-corrected chi connectivity index (χ0v) is 30.6. The summed E-state index contributed by atoms with van der Waals surface area (Å²) in [7, 11) is 0. The van der Waals surface area contributed by atoms with Crippen LogP contribution >= 0.6 is 11.3 Å². The summed E-state index contributed by atoms with van der Waals surface area (Å²) in [6, 6.07) is 43.1. The molecule has 0 unspecified atom stereocenters. The molecule has 49 heavy (non-hydrogen) atoms. The molecule has 0 amide bonds. The fourth-order valence-corrected chi connectivity index (χ4v) is 8.18. The number of aromatic nitrogens is 3. The Morgan fingerprint density at radius 2 is 1.45 bits per heavy atom. The summed E-state index contributed by atoms with van der Waals surface area (Å²) in [5.74, 6) is 0.202. The molecule has 0 aliphatic heterocycles. The zero-order chi connectivity index (χ0) is 32.7. The number of benzene rings is 5. The van der Waals surface area contributed by atoms with Gasteiger partial charge in [0.25, 0.3) is 0 Å². The number of imidazole rings is 1. The molecule has 242 valence electrons. The van der Waals surface area contributed by atoms with E-state index in [4.69, 9.17) is 9.97 Å². The van der Waals surface area contributed by atoms with Gasteiger partial charge in [0.1, 0.15) is 5.75 Å². The van der Waals surface area contributed by atoms with Gasteiger partial charge in [0, 0.05) is 37.7 Å². The molecule has 0 saturated heterocycles. The molecule has 0 radical (unpaired) electrons. The quantitative estimate of drug-likeness (QED) is 0.180. The van der Waals surface area contributed by atoms with Crippen molar-refractivity contribution in [3.63, 3.8) is 0 Å². The van der Waals surface area contributed by atoms with Crippen molar-refractivity contribution in [1.29, 1.82) is 0 Å². The van der Waals surface area contributed by atoms with Crippen LogP contribution in [0.1, 0.15) is 31.2 Å². The van der Waals surface area contributed by atoms with Crippen molar-refractivity contribution in [1.82, 2.24) is 14.4 Å². The standard InChI is InChI=1S/C43H32N3OS.Pt/c1-25-39-30-14-8-9-17-35(30)46-36-18-10-15-29(41(36)45-42(46)31-16-11-19-38(48-25)40(31)39)33-23-28(43(2,3)4)24-34(44-33)32-22-27(20-21-37(32)47)26-12-6-5-7-13-26;/h5-15,17-24,47H,1-4H3;/q-1;. The third kappa shape index (κ3) is 4.98. The minimum Gasteiger partial charge on any atom is -0.507 e. The van der Waals surface area contributed by atoms with Crippen LogP contribution in [0.4, 0.5) is 0 Å². The average Bonchev–Trinajstić information content (AvgIpc) is 3.61. The Labute approximate surface area is 303 Å². The van der Waals surface area contributed by atoms with E-state index in [-0.39, 0.29) is 32.2 Å². The zero-order valence-electron chi connectivity index (χ0n) is 27.5. The van der Waals surface area contributed by atoms with Crippen LogP contribution in [0.25, 0.3) is 82.1 Å². The molecule has 0 fully saturated rings. The van der Waals surface area contributed by atoms with Crippen molar-refractivity contribution >= 4 is 59.8 Å². The molecular weight excluding hydrogens is 802 g/mol. The molecule has 1 N–H and O–H groups in total. The summed E-state index contributed by atoms with van der Waals surface area (Å²) < 4.78 is 3.54. The van der Waals surface area contributed by atoms with Gasteiger partial charge < -0.3 is 9.51 Å². The predicted octanol–water partition coefficient (Wildman–Crippen LogP) is 11.5. The largest absolute Gasteiger partial charge is 0.507 e. The van der Waals surface area contributed by atoms with Gasteiger partial charge in [-0.15, -0.1) is 18.2 Å². The molecule has 6 heteroatoms. The van der Waals surface area contributed by atoms with E-state index in [1.807, 2.05) is 47.7 Å². The summed E-state index contributed by atoms with van der Waals surface area (Å²) in [5.41, 5.74) is 10.2. The van der Waals surface area contributed by atoms with Crippen molar-refractivity contribution in [3.8, 4) is 39.4 Å². The fourth-order valence-electron chi connectivity index (χ4n) is 7.09. The van der Waals surface area contributed by atoms with E-state index in [1.54, 1.807) is 6.07 Å². The van der Waals surface area contributed by atoms with Crippen LogP contribution in [-0.4, -0.2) is 19.5 Å². The van der Waals surface area contributed by atoms with E-state index in [1.165, 1.54) is 25.7 Å². The summed E-state index contributed by atoms with van der Waals surface area (Å²) >= 11 is 1.83. The van der Waals surface area contributed by atoms with Crippen LogP contribution < -0.4 is 0 Å². The van der Waals surface area contributed by atoms with E-state index in [9.17, 15) is 5.11 Å². The van der Waals surface area contributed by atoms with Crippen molar-refractivity contribution in [2.75, 3.05) is 0 Å². The minimum absolute atomic E-state index is 0. The molecule has 0 aliphatic carbocycles. The smallest absolute Gasteiger partial charge is 0.125 e. The van der Waals surface area contributed by atoms with Crippen molar-refractivity contribution in [2.24, 2.45) is 0 Å². The second-order valence-electron chi connectivity index (χ2n) is 13.6. The van der Waals surface area contributed by atoms with Crippen LogP contribution in [0.3, 0.4) is 0 Å². The Bertz CT molecular complexity index is 2740. The predicted molar refractivity (Wildman–Crippen MR) is 201 cm³/mol. The molecule has 0 aliphatic rings. The molecule has 0 bridgehead atoms. The minimum atomic E-state index is -0.158. The van der Waals surface area contributed by atoms with Crippen LogP contribution in [-0.2, 0) is 26.5 Å². The Hall–Kier alpha value is -4.83. The number of rotatable bonds is 3. The van der Waals surface area contributed by atoms with E-state index in [0.717, 1.165) is 61.2 Å². The number of nitrogens with zero attached hydrogens (tertiary/aromatic N) is 3. The maximum atomic E-state index is 11.2. The maximum Gasteiger partial charge on any atom is 0.125 e. The normalized spacial score (nSPS) is 12.0. The first-order chi connectivity index (χ1) is 23.3. The molecule has 9 aromatic rings. The topological polar surface area (TPSA) is 50.4 Å². The summed E-state index contributed by atoms with van der Waals surface area (Å²) in [6.07, 6.45) is 0. The number of thiophene rings is 1. The Balaban J connectivity index is 0.00000348. The average molecular weight is 834 g/mol. The van der Waals surface area contributed by atoms with Crippen LogP contribution in [0.2, 0.25) is 0 Å². The van der Waals surface area contributed by atoms with Gasteiger partial charge in [-0.3, -0.25) is 4.98 Å². The van der Waals surface area contributed by atoms with Gasteiger partial charge in [-0.25, -0.2) is 4.98 Å². The number of hydrogen-bond donors (Lipinski definition) is 1. The molecule has 4 nitrogen and oxygen atoms in total. The maximum absolute atomic E-state index is 11.2. The molecule has 0 saturated carbocycles. The fraction of sp³-hybridized carbons (Fsp3) is 0.116. The number of phenolic OH excluding ortho intramolecular Hbond substituents is 1. The first-order valence-electron chi connectivity index (χ1n) is 16.2. The van der Waals surface area contributed by atoms with Crippen molar-refractivity contribution < 1.29 is 26.2 Å². The summed E-state index contributed by atoms with van der Waals surface area (Å²) in [6.45, 7) is 8.85. The molecular formula is C43H32N3OPtS-. The monoisotopic (exact) mass is 833 g/mol. The first kappa shape index (κ1) is 31.4. The van der Waals surface area contributed by atoms with Gasteiger partial charge in [0.2, 0.25) is 0 Å². The number of aromatic hydroxyl groups is 1.